The van der Waals surface area contributed by atoms with E-state index in [0.717, 1.165) is 0 Å². The molecule has 19 heavy (non-hydrogen) atoms. The number of rotatable bonds is 9. The van der Waals surface area contributed by atoms with Crippen molar-refractivity contribution in [2.45, 2.75) is 38.3 Å². The van der Waals surface area contributed by atoms with Crippen molar-refractivity contribution in [2.24, 2.45) is 0 Å². The Hall–Kier alpha value is -1.83. The Bertz CT molecular complexity index is 320. The minimum atomic E-state index is -1.26. The molecule has 0 bridgehead atoms. The van der Waals surface area contributed by atoms with E-state index in [1.807, 2.05) is 0 Å². The van der Waals surface area contributed by atoms with E-state index in [9.17, 15) is 14.4 Å². The van der Waals surface area contributed by atoms with Gasteiger partial charge in [-0.25, -0.2) is 9.59 Å². The summed E-state index contributed by atoms with van der Waals surface area (Å²) in [4.78, 5) is 32.7. The highest BCUT2D eigenvalue weighted by molar-refractivity contribution is 5.83. The lowest BCUT2D eigenvalue weighted by molar-refractivity contribution is -0.140. The molecular weight excluding hydrogens is 256 g/mol. The largest absolute Gasteiger partial charge is 0.481 e. The van der Waals surface area contributed by atoms with Crippen LogP contribution < -0.4 is 10.6 Å². The average molecular weight is 276 g/mol. The second-order valence-corrected chi connectivity index (χ2v) is 4.12. The van der Waals surface area contributed by atoms with Crippen LogP contribution in [0.2, 0.25) is 0 Å². The number of carboxylic acid groups (broad SMARTS) is 2. The Kier molecular flexibility index (Phi) is 8.27. The Morgan fingerprint density at radius 3 is 2.26 bits per heavy atom. The van der Waals surface area contributed by atoms with E-state index in [0.29, 0.717) is 13.0 Å². The van der Waals surface area contributed by atoms with Crippen LogP contribution in [0.5, 0.6) is 0 Å². The summed E-state index contributed by atoms with van der Waals surface area (Å²) in [6.45, 7) is 2.23. The Morgan fingerprint density at radius 1 is 1.16 bits per heavy atom. The van der Waals surface area contributed by atoms with Gasteiger partial charge in [-0.2, -0.15) is 0 Å². The molecule has 0 saturated heterocycles. The molecule has 0 aromatic carbocycles. The second-order valence-electron chi connectivity index (χ2n) is 4.12. The topological polar surface area (TPSA) is 125 Å². The first-order chi connectivity index (χ1) is 8.86. The maximum absolute atomic E-state index is 11.5. The van der Waals surface area contributed by atoms with Gasteiger partial charge in [-0.05, 0) is 19.8 Å². The molecule has 0 aliphatic heterocycles. The highest BCUT2D eigenvalue weighted by Gasteiger charge is 2.21. The zero-order valence-electron chi connectivity index (χ0n) is 11.0. The number of aliphatic carboxylic acids is 2. The summed E-state index contributed by atoms with van der Waals surface area (Å²) < 4.78 is 4.85. The van der Waals surface area contributed by atoms with E-state index in [4.69, 9.17) is 14.9 Å². The Labute approximate surface area is 111 Å². The van der Waals surface area contributed by atoms with Gasteiger partial charge in [0.15, 0.2) is 0 Å². The SMILES string of the molecule is COCCC(C)NC(=O)N[C@@H](CCC(=O)O)C(=O)O. The van der Waals surface area contributed by atoms with Crippen molar-refractivity contribution in [1.82, 2.24) is 10.6 Å². The molecular formula is C11H20N2O6. The van der Waals surface area contributed by atoms with Crippen molar-refractivity contribution < 1.29 is 29.3 Å². The first-order valence-electron chi connectivity index (χ1n) is 5.87. The van der Waals surface area contributed by atoms with Crippen LogP contribution in [0, 0.1) is 0 Å². The molecule has 0 heterocycles. The Morgan fingerprint density at radius 2 is 1.79 bits per heavy atom. The third-order valence-corrected chi connectivity index (χ3v) is 2.38. The van der Waals surface area contributed by atoms with Crippen LogP contribution in [0.4, 0.5) is 4.79 Å². The molecule has 2 amide bonds. The number of carboxylic acids is 2. The summed E-state index contributed by atoms with van der Waals surface area (Å²) in [5, 5.41) is 22.1. The normalized spacial score (nSPS) is 13.4. The molecule has 1 unspecified atom stereocenters. The number of ether oxygens (including phenoxy) is 1. The van der Waals surface area contributed by atoms with Crippen LogP contribution in [-0.2, 0) is 14.3 Å². The predicted octanol–water partition coefficient (Wildman–Crippen LogP) is 0.0286. The fraction of sp³-hybridized carbons (Fsp3) is 0.727. The van der Waals surface area contributed by atoms with Crippen LogP contribution >= 0.6 is 0 Å². The van der Waals surface area contributed by atoms with Crippen LogP contribution in [0.15, 0.2) is 0 Å². The fourth-order valence-electron chi connectivity index (χ4n) is 1.32. The molecule has 0 rings (SSSR count). The maximum atomic E-state index is 11.5. The smallest absolute Gasteiger partial charge is 0.326 e. The number of methoxy groups -OCH3 is 1. The van der Waals surface area contributed by atoms with Crippen LogP contribution in [-0.4, -0.2) is 54.0 Å². The number of hydrogen-bond acceptors (Lipinski definition) is 4. The van der Waals surface area contributed by atoms with Gasteiger partial charge in [0.2, 0.25) is 0 Å². The lowest BCUT2D eigenvalue weighted by atomic mass is 10.1. The lowest BCUT2D eigenvalue weighted by Gasteiger charge is -2.17. The van der Waals surface area contributed by atoms with E-state index in [-0.39, 0.29) is 18.9 Å². The molecule has 8 nitrogen and oxygen atoms in total. The highest BCUT2D eigenvalue weighted by Crippen LogP contribution is 1.98. The minimum Gasteiger partial charge on any atom is -0.481 e. The quantitative estimate of drug-likeness (QED) is 0.471. The van der Waals surface area contributed by atoms with Crippen molar-refractivity contribution in [3.05, 3.63) is 0 Å². The van der Waals surface area contributed by atoms with Crippen molar-refractivity contribution in [3.63, 3.8) is 0 Å². The zero-order chi connectivity index (χ0) is 14.8. The minimum absolute atomic E-state index is 0.162. The van der Waals surface area contributed by atoms with Gasteiger partial charge >= 0.3 is 18.0 Å². The average Bonchev–Trinajstić information content (AvgIpc) is 2.31. The molecule has 0 aromatic rings. The molecule has 0 aliphatic rings. The van der Waals surface area contributed by atoms with Gasteiger partial charge in [0.25, 0.3) is 0 Å². The van der Waals surface area contributed by atoms with E-state index in [1.54, 1.807) is 14.0 Å². The van der Waals surface area contributed by atoms with E-state index in [2.05, 4.69) is 10.6 Å². The Balaban J connectivity index is 4.16. The number of amides is 2. The van der Waals surface area contributed by atoms with Crippen LogP contribution in [0.3, 0.4) is 0 Å². The van der Waals surface area contributed by atoms with Crippen molar-refractivity contribution >= 4 is 18.0 Å². The molecule has 0 radical (unpaired) electrons. The number of carbonyl (C=O) groups is 3. The molecule has 4 N–H and O–H groups in total. The summed E-state index contributed by atoms with van der Waals surface area (Å²) in [5.74, 6) is -2.37. The standard InChI is InChI=1S/C11H20N2O6/c1-7(5-6-19-2)12-11(18)13-8(10(16)17)3-4-9(14)15/h7-8H,3-6H2,1-2H3,(H,14,15)(H,16,17)(H2,12,13,18)/t7?,8-/m0/s1. The third kappa shape index (κ3) is 8.83. The zero-order valence-corrected chi connectivity index (χ0v) is 11.0. The van der Waals surface area contributed by atoms with Crippen molar-refractivity contribution in [3.8, 4) is 0 Å². The second kappa shape index (κ2) is 9.15. The summed E-state index contributed by atoms with van der Waals surface area (Å²) in [5.41, 5.74) is 0. The van der Waals surface area contributed by atoms with Gasteiger partial charge in [-0.15, -0.1) is 0 Å². The van der Waals surface area contributed by atoms with E-state index in [1.165, 1.54) is 0 Å². The molecule has 8 heteroatoms. The number of hydrogen-bond donors (Lipinski definition) is 4. The molecule has 110 valence electrons. The summed E-state index contributed by atoms with van der Waals surface area (Å²) >= 11 is 0. The van der Waals surface area contributed by atoms with Gasteiger partial charge in [0.05, 0.1) is 0 Å². The highest BCUT2D eigenvalue weighted by atomic mass is 16.5. The molecule has 0 aliphatic carbocycles. The van der Waals surface area contributed by atoms with Gasteiger partial charge in [-0.1, -0.05) is 0 Å². The van der Waals surface area contributed by atoms with E-state index >= 15 is 0 Å². The van der Waals surface area contributed by atoms with Gasteiger partial charge < -0.3 is 25.6 Å². The van der Waals surface area contributed by atoms with Gasteiger partial charge in [0, 0.05) is 26.2 Å². The summed E-state index contributed by atoms with van der Waals surface area (Å²) in [7, 11) is 1.54. The summed E-state index contributed by atoms with van der Waals surface area (Å²) in [6, 6.07) is -2.03. The summed E-state index contributed by atoms with van der Waals surface area (Å²) in [6.07, 6.45) is 0.109. The van der Waals surface area contributed by atoms with Crippen LogP contribution in [0.1, 0.15) is 26.2 Å². The molecule has 0 fully saturated rings. The monoisotopic (exact) mass is 276 g/mol. The number of nitrogens with one attached hydrogen (secondary N) is 2. The van der Waals surface area contributed by atoms with Gasteiger partial charge in [0.1, 0.15) is 6.04 Å². The number of carbonyl (C=O) groups excluding carboxylic acids is 1. The number of urea groups is 1. The molecule has 2 atom stereocenters. The van der Waals surface area contributed by atoms with Gasteiger partial charge in [-0.3, -0.25) is 4.79 Å². The van der Waals surface area contributed by atoms with Crippen LogP contribution in [0.25, 0.3) is 0 Å². The molecule has 0 spiro atoms. The first-order valence-corrected chi connectivity index (χ1v) is 5.87. The maximum Gasteiger partial charge on any atom is 0.326 e. The third-order valence-electron chi connectivity index (χ3n) is 2.38. The van der Waals surface area contributed by atoms with Crippen molar-refractivity contribution in [1.29, 1.82) is 0 Å². The predicted molar refractivity (Wildman–Crippen MR) is 65.9 cm³/mol. The molecule has 0 aromatic heterocycles. The first kappa shape index (κ1) is 17.2. The van der Waals surface area contributed by atoms with Crippen molar-refractivity contribution in [2.75, 3.05) is 13.7 Å². The van der Waals surface area contributed by atoms with E-state index < -0.39 is 24.0 Å². The molecule has 0 saturated carbocycles. The lowest BCUT2D eigenvalue weighted by Crippen LogP contribution is -2.48. The fourth-order valence-corrected chi connectivity index (χ4v) is 1.32.